The second kappa shape index (κ2) is 12.9. The van der Waals surface area contributed by atoms with Gasteiger partial charge in [-0.25, -0.2) is 0 Å². The quantitative estimate of drug-likeness (QED) is 0.385. The fourth-order valence-electron chi connectivity index (χ4n) is 3.40. The lowest BCUT2D eigenvalue weighted by Gasteiger charge is -2.26. The van der Waals surface area contributed by atoms with Crippen molar-refractivity contribution in [1.29, 1.82) is 0 Å². The number of hydrogen-bond donors (Lipinski definition) is 1. The van der Waals surface area contributed by atoms with Gasteiger partial charge in [0.25, 0.3) is 0 Å². The van der Waals surface area contributed by atoms with Gasteiger partial charge in [-0.2, -0.15) is 0 Å². The summed E-state index contributed by atoms with van der Waals surface area (Å²) in [5.41, 5.74) is 2.00. The highest BCUT2D eigenvalue weighted by molar-refractivity contribution is 9.10. The SMILES string of the molecule is CCOc1cc(CNCCCN2CCOCC2)cc(Br)c1OCc1ccc(Cl)cc1Cl. The van der Waals surface area contributed by atoms with E-state index < -0.39 is 0 Å². The maximum atomic E-state index is 6.27. The van der Waals surface area contributed by atoms with Crippen molar-refractivity contribution in [2.24, 2.45) is 0 Å². The van der Waals surface area contributed by atoms with Crippen LogP contribution in [0, 0.1) is 0 Å². The molecular formula is C23H29BrCl2N2O3. The largest absolute Gasteiger partial charge is 0.490 e. The number of nitrogens with zero attached hydrogens (tertiary/aromatic N) is 1. The average molecular weight is 532 g/mol. The predicted molar refractivity (Wildman–Crippen MR) is 130 cm³/mol. The molecule has 1 aliphatic rings. The minimum absolute atomic E-state index is 0.327. The Balaban J connectivity index is 1.54. The van der Waals surface area contributed by atoms with Gasteiger partial charge in [-0.1, -0.05) is 29.3 Å². The lowest BCUT2D eigenvalue weighted by molar-refractivity contribution is 0.0374. The van der Waals surface area contributed by atoms with Crippen LogP contribution in [0.3, 0.4) is 0 Å². The van der Waals surface area contributed by atoms with Crippen molar-refractivity contribution in [2.45, 2.75) is 26.5 Å². The Morgan fingerprint density at radius 1 is 1.13 bits per heavy atom. The molecule has 8 heteroatoms. The van der Waals surface area contributed by atoms with E-state index in [1.807, 2.05) is 19.1 Å². The molecule has 0 atom stereocenters. The summed E-state index contributed by atoms with van der Waals surface area (Å²) >= 11 is 15.9. The van der Waals surface area contributed by atoms with Gasteiger partial charge in [-0.15, -0.1) is 0 Å². The van der Waals surface area contributed by atoms with E-state index in [0.717, 1.165) is 68.0 Å². The minimum atomic E-state index is 0.327. The van der Waals surface area contributed by atoms with Crippen molar-refractivity contribution < 1.29 is 14.2 Å². The van der Waals surface area contributed by atoms with Crippen molar-refractivity contribution in [3.05, 3.63) is 56.0 Å². The Hall–Kier alpha value is -1.02. The van der Waals surface area contributed by atoms with Gasteiger partial charge in [0.15, 0.2) is 11.5 Å². The molecule has 0 aromatic heterocycles. The van der Waals surface area contributed by atoms with Crippen LogP contribution >= 0.6 is 39.1 Å². The third kappa shape index (κ3) is 7.81. The second-order valence-electron chi connectivity index (χ2n) is 7.35. The maximum absolute atomic E-state index is 6.27. The predicted octanol–water partition coefficient (Wildman–Crippen LogP) is 5.55. The molecule has 1 fully saturated rings. The Morgan fingerprint density at radius 2 is 1.94 bits per heavy atom. The van der Waals surface area contributed by atoms with Crippen molar-refractivity contribution in [2.75, 3.05) is 46.0 Å². The molecule has 0 spiro atoms. The Labute approximate surface area is 203 Å². The average Bonchev–Trinajstić information content (AvgIpc) is 2.75. The molecule has 0 saturated carbocycles. The fourth-order valence-corrected chi connectivity index (χ4v) is 4.47. The third-order valence-electron chi connectivity index (χ3n) is 5.02. The van der Waals surface area contributed by atoms with Crippen molar-refractivity contribution in [1.82, 2.24) is 10.2 Å². The number of morpholine rings is 1. The van der Waals surface area contributed by atoms with E-state index >= 15 is 0 Å². The summed E-state index contributed by atoms with van der Waals surface area (Å²) in [4.78, 5) is 2.45. The first-order chi connectivity index (χ1) is 15.1. The number of hydrogen-bond acceptors (Lipinski definition) is 5. The summed E-state index contributed by atoms with van der Waals surface area (Å²) in [5.74, 6) is 1.39. The zero-order valence-electron chi connectivity index (χ0n) is 17.8. The molecule has 1 aliphatic heterocycles. The fraction of sp³-hybridized carbons (Fsp3) is 0.478. The molecule has 2 aromatic rings. The summed E-state index contributed by atoms with van der Waals surface area (Å²) in [5, 5.41) is 4.71. The van der Waals surface area contributed by atoms with E-state index in [1.54, 1.807) is 12.1 Å². The van der Waals surface area contributed by atoms with Gasteiger partial charge in [0.2, 0.25) is 0 Å². The van der Waals surface area contributed by atoms with E-state index in [4.69, 9.17) is 37.4 Å². The molecule has 1 saturated heterocycles. The number of halogens is 3. The van der Waals surface area contributed by atoms with Gasteiger partial charge in [0.1, 0.15) is 6.61 Å². The van der Waals surface area contributed by atoms with E-state index in [1.165, 1.54) is 0 Å². The Morgan fingerprint density at radius 3 is 2.68 bits per heavy atom. The highest BCUT2D eigenvalue weighted by Gasteiger charge is 2.14. The smallest absolute Gasteiger partial charge is 0.175 e. The van der Waals surface area contributed by atoms with Crippen molar-refractivity contribution in [3.8, 4) is 11.5 Å². The summed E-state index contributed by atoms with van der Waals surface area (Å²) in [6, 6.07) is 9.49. The summed E-state index contributed by atoms with van der Waals surface area (Å²) in [6.07, 6.45) is 1.11. The van der Waals surface area contributed by atoms with Crippen LogP contribution in [-0.2, 0) is 17.9 Å². The zero-order valence-corrected chi connectivity index (χ0v) is 20.9. The monoisotopic (exact) mass is 530 g/mol. The summed E-state index contributed by atoms with van der Waals surface area (Å²) in [7, 11) is 0. The van der Waals surface area contributed by atoms with Crippen LogP contribution in [-0.4, -0.2) is 50.9 Å². The van der Waals surface area contributed by atoms with Gasteiger partial charge in [-0.05, 0) is 72.2 Å². The van der Waals surface area contributed by atoms with Crippen molar-refractivity contribution in [3.63, 3.8) is 0 Å². The molecule has 0 radical (unpaired) electrons. The minimum Gasteiger partial charge on any atom is -0.490 e. The molecule has 0 aliphatic carbocycles. The van der Waals surface area contributed by atoms with E-state index in [-0.39, 0.29) is 0 Å². The first-order valence-corrected chi connectivity index (χ1v) is 12.1. The number of ether oxygens (including phenoxy) is 3. The number of rotatable bonds is 11. The topological polar surface area (TPSA) is 43.0 Å². The zero-order chi connectivity index (χ0) is 22.1. The second-order valence-corrected chi connectivity index (χ2v) is 9.04. The van der Waals surface area contributed by atoms with Crippen LogP contribution in [0.25, 0.3) is 0 Å². The molecule has 0 amide bonds. The number of benzene rings is 2. The van der Waals surface area contributed by atoms with Gasteiger partial charge >= 0.3 is 0 Å². The van der Waals surface area contributed by atoms with Crippen LogP contribution in [0.5, 0.6) is 11.5 Å². The van der Waals surface area contributed by atoms with Gasteiger partial charge in [0, 0.05) is 35.2 Å². The van der Waals surface area contributed by atoms with Crippen LogP contribution in [0.1, 0.15) is 24.5 Å². The molecule has 5 nitrogen and oxygen atoms in total. The molecule has 170 valence electrons. The first kappa shape index (κ1) is 24.6. The van der Waals surface area contributed by atoms with Crippen LogP contribution in [0.2, 0.25) is 10.0 Å². The molecule has 2 aromatic carbocycles. The normalized spacial score (nSPS) is 14.6. The van der Waals surface area contributed by atoms with Gasteiger partial charge in [0.05, 0.1) is 24.3 Å². The molecule has 3 rings (SSSR count). The lowest BCUT2D eigenvalue weighted by atomic mass is 10.2. The molecule has 0 unspecified atom stereocenters. The molecule has 1 heterocycles. The molecule has 1 N–H and O–H groups in total. The third-order valence-corrected chi connectivity index (χ3v) is 6.19. The van der Waals surface area contributed by atoms with Gasteiger partial charge < -0.3 is 19.5 Å². The summed E-state index contributed by atoms with van der Waals surface area (Å²) < 4.78 is 18.2. The summed E-state index contributed by atoms with van der Waals surface area (Å²) in [6.45, 7) is 9.45. The lowest BCUT2D eigenvalue weighted by Crippen LogP contribution is -2.37. The van der Waals surface area contributed by atoms with E-state index in [9.17, 15) is 0 Å². The molecule has 0 bridgehead atoms. The number of nitrogens with one attached hydrogen (secondary N) is 1. The molecule has 31 heavy (non-hydrogen) atoms. The van der Waals surface area contributed by atoms with Crippen LogP contribution in [0.15, 0.2) is 34.8 Å². The van der Waals surface area contributed by atoms with E-state index in [0.29, 0.717) is 34.8 Å². The highest BCUT2D eigenvalue weighted by atomic mass is 79.9. The van der Waals surface area contributed by atoms with Crippen molar-refractivity contribution >= 4 is 39.1 Å². The first-order valence-electron chi connectivity index (χ1n) is 10.6. The van der Waals surface area contributed by atoms with Crippen LogP contribution in [0.4, 0.5) is 0 Å². The Bertz CT molecular complexity index is 848. The van der Waals surface area contributed by atoms with Crippen LogP contribution < -0.4 is 14.8 Å². The highest BCUT2D eigenvalue weighted by Crippen LogP contribution is 2.38. The standard InChI is InChI=1S/C23H29BrCl2N2O3/c1-2-30-22-13-17(15-27-6-3-7-28-8-10-29-11-9-28)12-20(24)23(22)31-16-18-4-5-19(25)14-21(18)26/h4-5,12-14,27H,2-3,6-11,15-16H2,1H3. The Kier molecular flexibility index (Phi) is 10.2. The van der Waals surface area contributed by atoms with E-state index in [2.05, 4.69) is 32.2 Å². The maximum Gasteiger partial charge on any atom is 0.175 e. The molecular weight excluding hydrogens is 503 g/mol. The van der Waals surface area contributed by atoms with Gasteiger partial charge in [-0.3, -0.25) is 4.90 Å².